The van der Waals surface area contributed by atoms with Gasteiger partial charge in [0.2, 0.25) is 10.0 Å². The Labute approximate surface area is 134 Å². The Balaban J connectivity index is 1.97. The lowest BCUT2D eigenvalue weighted by Gasteiger charge is -2.18. The number of aromatic nitrogens is 3. The third-order valence-corrected chi connectivity index (χ3v) is 6.53. The monoisotopic (exact) mass is 357 g/mol. The minimum atomic E-state index is -3.95. The molecule has 2 aromatic rings. The normalized spacial score (nSPS) is 19.3. The first kappa shape index (κ1) is 16.1. The topological polar surface area (TPSA) is 114 Å². The molecule has 0 bridgehead atoms. The molecule has 0 unspecified atom stereocenters. The standard InChI is InChI=1S/C12H15N5O4S2/c18-22(19)9-8-16(7-6-15-22)23(20,21)12-13-10-14-17(12)11-4-2-1-3-5-11/h1-5,10,15H,6-9H2. The van der Waals surface area contributed by atoms with E-state index in [1.807, 2.05) is 0 Å². The van der Waals surface area contributed by atoms with Crippen LogP contribution in [0.3, 0.4) is 0 Å². The molecule has 0 radical (unpaired) electrons. The molecule has 11 heteroatoms. The molecule has 1 N–H and O–H groups in total. The van der Waals surface area contributed by atoms with Gasteiger partial charge in [-0.15, -0.1) is 0 Å². The lowest BCUT2D eigenvalue weighted by atomic mass is 10.3. The second-order valence-electron chi connectivity index (χ2n) is 4.91. The average molecular weight is 357 g/mol. The Hall–Kier alpha value is -1.82. The third kappa shape index (κ3) is 3.27. The third-order valence-electron chi connectivity index (χ3n) is 3.38. The van der Waals surface area contributed by atoms with Crippen molar-refractivity contribution in [3.8, 4) is 5.69 Å². The quantitative estimate of drug-likeness (QED) is 0.768. The summed E-state index contributed by atoms with van der Waals surface area (Å²) in [6, 6.07) is 8.75. The summed E-state index contributed by atoms with van der Waals surface area (Å²) in [5.41, 5.74) is 0.559. The first-order valence-corrected chi connectivity index (χ1v) is 9.92. The molecule has 1 aliphatic rings. The lowest BCUT2D eigenvalue weighted by Crippen LogP contribution is -2.36. The molecular formula is C12H15N5O4S2. The molecule has 1 aliphatic heterocycles. The van der Waals surface area contributed by atoms with Gasteiger partial charge in [0.25, 0.3) is 15.2 Å². The molecular weight excluding hydrogens is 342 g/mol. The first-order chi connectivity index (χ1) is 10.9. The zero-order chi connectivity index (χ0) is 16.5. The largest absolute Gasteiger partial charge is 0.278 e. The van der Waals surface area contributed by atoms with Gasteiger partial charge in [-0.05, 0) is 12.1 Å². The minimum absolute atomic E-state index is 0.0288. The maximum Gasteiger partial charge on any atom is 0.278 e. The summed E-state index contributed by atoms with van der Waals surface area (Å²) in [5, 5.41) is 3.73. The predicted molar refractivity (Wildman–Crippen MR) is 81.9 cm³/mol. The molecule has 1 aromatic heterocycles. The fourth-order valence-electron chi connectivity index (χ4n) is 2.24. The first-order valence-electron chi connectivity index (χ1n) is 6.83. The van der Waals surface area contributed by atoms with Crippen LogP contribution < -0.4 is 4.72 Å². The smallest absolute Gasteiger partial charge is 0.214 e. The van der Waals surface area contributed by atoms with Crippen molar-refractivity contribution in [3.63, 3.8) is 0 Å². The zero-order valence-corrected chi connectivity index (χ0v) is 13.7. The van der Waals surface area contributed by atoms with Crippen LogP contribution in [-0.4, -0.2) is 61.3 Å². The van der Waals surface area contributed by atoms with Crippen molar-refractivity contribution in [3.05, 3.63) is 36.7 Å². The van der Waals surface area contributed by atoms with E-state index >= 15 is 0 Å². The number of hydrogen-bond acceptors (Lipinski definition) is 6. The summed E-state index contributed by atoms with van der Waals surface area (Å²) < 4.78 is 53.3. The number of hydrogen-bond donors (Lipinski definition) is 1. The highest BCUT2D eigenvalue weighted by molar-refractivity contribution is 7.90. The van der Waals surface area contributed by atoms with E-state index in [9.17, 15) is 16.8 Å². The molecule has 3 rings (SSSR count). The Morgan fingerprint density at radius 2 is 1.87 bits per heavy atom. The van der Waals surface area contributed by atoms with E-state index in [0.717, 1.165) is 10.6 Å². The Morgan fingerprint density at radius 1 is 1.13 bits per heavy atom. The second-order valence-corrected chi connectivity index (χ2v) is 8.67. The number of benzene rings is 1. The predicted octanol–water partition coefficient (Wildman–Crippen LogP) is -0.809. The van der Waals surface area contributed by atoms with Gasteiger partial charge >= 0.3 is 0 Å². The number of para-hydroxylation sites is 1. The minimum Gasteiger partial charge on any atom is -0.214 e. The molecule has 0 spiro atoms. The van der Waals surface area contributed by atoms with E-state index in [0.29, 0.717) is 5.69 Å². The number of sulfonamides is 2. The Bertz CT molecular complexity index is 893. The van der Waals surface area contributed by atoms with E-state index < -0.39 is 20.0 Å². The number of nitrogens with one attached hydrogen (secondary N) is 1. The van der Waals surface area contributed by atoms with Crippen LogP contribution in [0, 0.1) is 0 Å². The number of nitrogens with zero attached hydrogens (tertiary/aromatic N) is 4. The summed E-state index contributed by atoms with van der Waals surface area (Å²) in [6.45, 7) is -0.0520. The van der Waals surface area contributed by atoms with Gasteiger partial charge in [-0.25, -0.2) is 31.2 Å². The van der Waals surface area contributed by atoms with Crippen molar-refractivity contribution in [2.75, 3.05) is 25.4 Å². The highest BCUT2D eigenvalue weighted by Crippen LogP contribution is 2.17. The van der Waals surface area contributed by atoms with Gasteiger partial charge in [-0.1, -0.05) is 18.2 Å². The van der Waals surface area contributed by atoms with Crippen molar-refractivity contribution < 1.29 is 16.8 Å². The summed E-state index contributed by atoms with van der Waals surface area (Å²) in [7, 11) is -7.40. The van der Waals surface area contributed by atoms with Crippen LogP contribution in [-0.2, 0) is 20.0 Å². The van der Waals surface area contributed by atoms with Gasteiger partial charge < -0.3 is 0 Å². The molecule has 0 atom stereocenters. The van der Waals surface area contributed by atoms with Crippen LogP contribution in [0.5, 0.6) is 0 Å². The van der Waals surface area contributed by atoms with Crippen molar-refractivity contribution in [1.29, 1.82) is 0 Å². The zero-order valence-electron chi connectivity index (χ0n) is 12.0. The molecule has 0 saturated carbocycles. The fourth-order valence-corrected chi connectivity index (χ4v) is 4.81. The van der Waals surface area contributed by atoms with Crippen LogP contribution in [0.2, 0.25) is 0 Å². The summed E-state index contributed by atoms with van der Waals surface area (Å²) in [6.07, 6.45) is 1.16. The Kier molecular flexibility index (Phi) is 4.19. The SMILES string of the molecule is O=S1(=O)CCN(S(=O)(=O)c2ncnn2-c2ccccc2)CCN1. The van der Waals surface area contributed by atoms with Gasteiger partial charge in [-0.3, -0.25) is 0 Å². The molecule has 124 valence electrons. The Morgan fingerprint density at radius 3 is 2.61 bits per heavy atom. The summed E-state index contributed by atoms with van der Waals surface area (Å²) in [4.78, 5) is 3.86. The maximum absolute atomic E-state index is 12.8. The van der Waals surface area contributed by atoms with Gasteiger partial charge in [0.1, 0.15) is 6.33 Å². The number of rotatable bonds is 3. The van der Waals surface area contributed by atoms with Crippen molar-refractivity contribution >= 4 is 20.0 Å². The average Bonchev–Trinajstić information content (AvgIpc) is 2.94. The van der Waals surface area contributed by atoms with Crippen LogP contribution in [0.4, 0.5) is 0 Å². The van der Waals surface area contributed by atoms with E-state index in [4.69, 9.17) is 0 Å². The molecule has 1 aromatic carbocycles. The molecule has 0 amide bonds. The molecule has 1 fully saturated rings. The van der Waals surface area contributed by atoms with Crippen LogP contribution in [0.15, 0.2) is 41.8 Å². The van der Waals surface area contributed by atoms with Crippen molar-refractivity contribution in [1.82, 2.24) is 23.8 Å². The molecule has 2 heterocycles. The van der Waals surface area contributed by atoms with E-state index in [2.05, 4.69) is 14.8 Å². The van der Waals surface area contributed by atoms with Gasteiger partial charge in [0, 0.05) is 19.6 Å². The van der Waals surface area contributed by atoms with Crippen molar-refractivity contribution in [2.24, 2.45) is 0 Å². The maximum atomic E-state index is 12.8. The van der Waals surface area contributed by atoms with Gasteiger partial charge in [-0.2, -0.15) is 9.40 Å². The van der Waals surface area contributed by atoms with E-state index in [-0.39, 0.29) is 30.5 Å². The molecule has 23 heavy (non-hydrogen) atoms. The van der Waals surface area contributed by atoms with Crippen LogP contribution >= 0.6 is 0 Å². The fraction of sp³-hybridized carbons (Fsp3) is 0.333. The summed E-state index contributed by atoms with van der Waals surface area (Å²) in [5.74, 6) is -0.286. The second kappa shape index (κ2) is 6.00. The van der Waals surface area contributed by atoms with Crippen LogP contribution in [0.25, 0.3) is 5.69 Å². The van der Waals surface area contributed by atoms with E-state index in [1.165, 1.54) is 4.68 Å². The van der Waals surface area contributed by atoms with Gasteiger partial charge in [0.15, 0.2) is 0 Å². The highest BCUT2D eigenvalue weighted by atomic mass is 32.2. The molecule has 0 aliphatic carbocycles. The van der Waals surface area contributed by atoms with Gasteiger partial charge in [0.05, 0.1) is 11.4 Å². The summed E-state index contributed by atoms with van der Waals surface area (Å²) >= 11 is 0. The van der Waals surface area contributed by atoms with E-state index in [1.54, 1.807) is 30.3 Å². The lowest BCUT2D eigenvalue weighted by molar-refractivity contribution is 0.432. The van der Waals surface area contributed by atoms with Crippen molar-refractivity contribution in [2.45, 2.75) is 5.16 Å². The molecule has 9 nitrogen and oxygen atoms in total. The van der Waals surface area contributed by atoms with Crippen LogP contribution in [0.1, 0.15) is 0 Å². The molecule has 1 saturated heterocycles. The highest BCUT2D eigenvalue weighted by Gasteiger charge is 2.32.